The van der Waals surface area contributed by atoms with E-state index < -0.39 is 150 Å². The average Bonchev–Trinajstić information content (AvgIpc) is 3.24. The Morgan fingerprint density at radius 2 is 0.705 bits per heavy atom. The van der Waals surface area contributed by atoms with E-state index in [0.29, 0.717) is 6.54 Å². The van der Waals surface area contributed by atoms with Gasteiger partial charge in [0.15, 0.2) is 82.5 Å². The van der Waals surface area contributed by atoms with Gasteiger partial charge < -0.3 is 5.11 Å². The first kappa shape index (κ1) is 45.4. The molecule has 0 unspecified atom stereocenters. The molecule has 4 nitrogen and oxygen atoms in total. The molecule has 25 heteroatoms. The fourth-order valence-electron chi connectivity index (χ4n) is 6.36. The highest BCUT2D eigenvalue weighted by atomic mass is 19.2. The van der Waals surface area contributed by atoms with E-state index in [2.05, 4.69) is 4.98 Å². The minimum Gasteiger partial charge on any atom is -0.473 e. The predicted octanol–water partition coefficient (Wildman–Crippen LogP) is 6.96. The van der Waals surface area contributed by atoms with E-state index in [0.717, 1.165) is 5.56 Å². The van der Waals surface area contributed by atoms with Gasteiger partial charge in [-0.2, -0.15) is 4.57 Å². The van der Waals surface area contributed by atoms with Gasteiger partial charge in [0.2, 0.25) is 0 Å². The molecule has 0 amide bonds. The number of nitrogens with zero attached hydrogens (tertiary/aromatic N) is 2. The van der Waals surface area contributed by atoms with Crippen molar-refractivity contribution in [2.75, 3.05) is 0 Å². The fourth-order valence-corrected chi connectivity index (χ4v) is 6.36. The quantitative estimate of drug-likeness (QED) is 0.0621. The molecule has 1 N–H and O–H groups in total. The molecule has 1 aromatic heterocycles. The van der Waals surface area contributed by atoms with Crippen molar-refractivity contribution in [3.05, 3.63) is 177 Å². The van der Waals surface area contributed by atoms with Gasteiger partial charge in [0.05, 0.1) is 6.20 Å². The predicted molar refractivity (Wildman–Crippen MR) is 166 cm³/mol. The number of hydrogen-bond acceptors (Lipinski definition) is 2. The Bertz CT molecular complexity index is 2390. The first-order valence-electron chi connectivity index (χ1n) is 15.8. The van der Waals surface area contributed by atoms with Crippen LogP contribution in [0.15, 0.2) is 48.9 Å². The summed E-state index contributed by atoms with van der Waals surface area (Å²) in [6, 6.07) is 9.70. The van der Waals surface area contributed by atoms with Gasteiger partial charge in [0.1, 0.15) is 58.9 Å². The highest BCUT2D eigenvalue weighted by Gasteiger charge is 2.52. The average molecular weight is 894 g/mol. The summed E-state index contributed by atoms with van der Waals surface area (Å²) < 4.78 is 296. The van der Waals surface area contributed by atoms with Crippen LogP contribution in [0.2, 0.25) is 0 Å². The van der Waals surface area contributed by atoms with Crippen molar-refractivity contribution in [1.82, 2.24) is 4.98 Å². The molecule has 6 rings (SSSR count). The van der Waals surface area contributed by atoms with Gasteiger partial charge in [0.25, 0.3) is 0 Å². The maximum atomic E-state index is 15.4. The summed E-state index contributed by atoms with van der Waals surface area (Å²) in [6.45, 7) is 0.533. The molecule has 0 saturated heterocycles. The molecule has 0 aliphatic carbocycles. The van der Waals surface area contributed by atoms with Gasteiger partial charge in [-0.05, 0) is 0 Å². The molecule has 5 aromatic carbocycles. The summed E-state index contributed by atoms with van der Waals surface area (Å²) in [5, 5.41) is 8.98. The zero-order chi connectivity index (χ0) is 45.7. The first-order valence-corrected chi connectivity index (χ1v) is 15.8. The Balaban J connectivity index is 0.000000366. The lowest BCUT2D eigenvalue weighted by atomic mass is 9.12. The second-order valence-corrected chi connectivity index (χ2v) is 12.2. The van der Waals surface area contributed by atoms with Crippen molar-refractivity contribution >= 4 is 34.0 Å². The molecule has 0 aliphatic heterocycles. The number of halogens is 20. The Kier molecular flexibility index (Phi) is 12.5. The highest BCUT2D eigenvalue weighted by molar-refractivity contribution is 7.20. The lowest BCUT2D eigenvalue weighted by Gasteiger charge is -2.44. The van der Waals surface area contributed by atoms with Crippen molar-refractivity contribution in [3.8, 4) is 0 Å². The van der Waals surface area contributed by atoms with Crippen LogP contribution in [0.1, 0.15) is 16.1 Å². The molecule has 61 heavy (non-hydrogen) atoms. The molecule has 0 saturated carbocycles. The highest BCUT2D eigenvalue weighted by Crippen LogP contribution is 2.30. The molecule has 6 aromatic rings. The van der Waals surface area contributed by atoms with Gasteiger partial charge in [-0.15, -0.1) is 21.9 Å². The Morgan fingerprint density at radius 1 is 0.443 bits per heavy atom. The normalized spacial score (nSPS) is 11.5. The van der Waals surface area contributed by atoms with E-state index in [1.807, 2.05) is 30.3 Å². The minimum absolute atomic E-state index is 0.186. The van der Waals surface area contributed by atoms with Crippen LogP contribution in [0.3, 0.4) is 0 Å². The molecule has 0 aliphatic rings. The minimum atomic E-state index is -7.22. The van der Waals surface area contributed by atoms with Crippen LogP contribution < -0.4 is 26.4 Å². The van der Waals surface area contributed by atoms with Crippen molar-refractivity contribution in [3.63, 3.8) is 0 Å². The second kappa shape index (κ2) is 16.8. The molecule has 1 heterocycles. The van der Waals surface area contributed by atoms with Gasteiger partial charge in [-0.25, -0.2) is 92.6 Å². The molecular formula is C36H11BF20N2O2. The van der Waals surface area contributed by atoms with Crippen LogP contribution in [0.25, 0.3) is 0 Å². The zero-order valence-corrected chi connectivity index (χ0v) is 28.7. The summed E-state index contributed by atoms with van der Waals surface area (Å²) in [5.74, 6) is -72.4. The lowest BCUT2D eigenvalue weighted by Crippen LogP contribution is -2.81. The number of carboxylic acid groups (broad SMARTS) is 1. The Morgan fingerprint density at radius 3 is 0.967 bits per heavy atom. The van der Waals surface area contributed by atoms with Crippen molar-refractivity contribution < 1.29 is 102 Å². The van der Waals surface area contributed by atoms with E-state index in [-0.39, 0.29) is 5.69 Å². The van der Waals surface area contributed by atoms with E-state index in [1.54, 1.807) is 17.0 Å². The molecule has 0 spiro atoms. The summed E-state index contributed by atoms with van der Waals surface area (Å²) in [5.41, 5.74) is -13.1. The van der Waals surface area contributed by atoms with Crippen LogP contribution in [-0.2, 0) is 6.54 Å². The van der Waals surface area contributed by atoms with Crippen molar-refractivity contribution in [1.29, 1.82) is 0 Å². The van der Waals surface area contributed by atoms with Crippen LogP contribution in [-0.4, -0.2) is 22.2 Å². The zero-order valence-electron chi connectivity index (χ0n) is 28.7. The Labute approximate surface area is 324 Å². The molecular weight excluding hydrogens is 883 g/mol. The maximum absolute atomic E-state index is 15.4. The third-order valence-electron chi connectivity index (χ3n) is 8.96. The van der Waals surface area contributed by atoms with Gasteiger partial charge in [-0.3, -0.25) is 4.98 Å². The third-order valence-corrected chi connectivity index (χ3v) is 8.96. The van der Waals surface area contributed by atoms with Crippen LogP contribution in [0.4, 0.5) is 87.8 Å². The molecule has 0 radical (unpaired) electrons. The van der Waals surface area contributed by atoms with Crippen LogP contribution in [0.5, 0.6) is 0 Å². The van der Waals surface area contributed by atoms with Gasteiger partial charge in [0, 0.05) is 5.56 Å². The largest absolute Gasteiger partial charge is 0.473 e. The smallest absolute Gasteiger partial charge is 0.402 e. The molecule has 0 atom stereocenters. The number of aromatic carboxylic acids is 1. The van der Waals surface area contributed by atoms with Crippen LogP contribution >= 0.6 is 0 Å². The fraction of sp³-hybridized carbons (Fsp3) is 0.0278. The summed E-state index contributed by atoms with van der Waals surface area (Å²) in [4.78, 5) is 14.8. The first-order chi connectivity index (χ1) is 28.5. The second-order valence-electron chi connectivity index (χ2n) is 12.2. The SMILES string of the molecule is Fc1c(F)c(F)c([B-](c2c(F)c(F)c(F)c(F)c2F)(c2c(F)c(F)c(F)c(F)c2F)c2c(F)c(F)c(F)c(F)c2F)c(F)c1F.O=C(O)c1cncc[n+]1Cc1ccccc1. The molecule has 0 fully saturated rings. The van der Waals surface area contributed by atoms with Crippen molar-refractivity contribution in [2.24, 2.45) is 0 Å². The van der Waals surface area contributed by atoms with Crippen LogP contribution in [0, 0.1) is 116 Å². The molecule has 0 bridgehead atoms. The summed E-state index contributed by atoms with van der Waals surface area (Å²) in [6.07, 6.45) is -2.62. The molecule has 320 valence electrons. The van der Waals surface area contributed by atoms with Crippen molar-refractivity contribution in [2.45, 2.75) is 6.54 Å². The standard InChI is InChI=1S/C24BF20.C12H10N2O2/c26-5-1(6(27)14(35)21(42)13(5)34)25(2-7(28)15(36)22(43)16(37)8(2)29,3-9(30)17(38)23(44)18(39)10(3)31)4-11(32)19(40)24(45)20(41)12(4)33;15-12(16)11-8-13-6-7-14(11)9-10-4-2-1-3-5-10/h;1-8H,9H2/q-1;/p+1. The third kappa shape index (κ3) is 7.13. The van der Waals surface area contributed by atoms with E-state index in [4.69, 9.17) is 5.11 Å². The number of benzene rings is 5. The topological polar surface area (TPSA) is 54.1 Å². The number of hydrogen-bond donors (Lipinski definition) is 1. The summed E-state index contributed by atoms with van der Waals surface area (Å²) in [7, 11) is 0. The number of carboxylic acids is 1. The van der Waals surface area contributed by atoms with Gasteiger partial charge in [-0.1, -0.05) is 30.3 Å². The van der Waals surface area contributed by atoms with E-state index in [1.165, 1.54) is 6.20 Å². The Hall–Kier alpha value is -6.69. The lowest BCUT2D eigenvalue weighted by molar-refractivity contribution is -0.691. The summed E-state index contributed by atoms with van der Waals surface area (Å²) >= 11 is 0. The van der Waals surface area contributed by atoms with Gasteiger partial charge >= 0.3 is 11.7 Å². The number of carbonyl (C=O) groups is 1. The van der Waals surface area contributed by atoms with E-state index >= 15 is 35.1 Å². The monoisotopic (exact) mass is 894 g/mol. The van der Waals surface area contributed by atoms with E-state index in [9.17, 15) is 57.5 Å². The number of rotatable bonds is 7. The number of aromatic nitrogens is 2. The maximum Gasteiger partial charge on any atom is 0.402 e.